The maximum Gasteiger partial charge on any atom is 0.226 e. The van der Waals surface area contributed by atoms with Gasteiger partial charge in [0, 0.05) is 6.42 Å². The van der Waals surface area contributed by atoms with Crippen molar-refractivity contribution in [2.75, 3.05) is 6.54 Å². The van der Waals surface area contributed by atoms with Gasteiger partial charge in [0.05, 0.1) is 6.04 Å². The van der Waals surface area contributed by atoms with Gasteiger partial charge in [0.25, 0.3) is 0 Å². The van der Waals surface area contributed by atoms with Crippen LogP contribution in [0.15, 0.2) is 30.3 Å². The van der Waals surface area contributed by atoms with Gasteiger partial charge >= 0.3 is 0 Å². The predicted molar refractivity (Wildman–Crippen MR) is 57.2 cm³/mol. The Morgan fingerprint density at radius 1 is 1.40 bits per heavy atom. The Morgan fingerprint density at radius 3 is 2.73 bits per heavy atom. The molecule has 3 heteroatoms. The minimum absolute atomic E-state index is 0.0610. The molecule has 0 saturated carbocycles. The summed E-state index contributed by atoms with van der Waals surface area (Å²) in [6, 6.07) is 8.84. The Bertz CT molecular complexity index is 307. The third-order valence-electron chi connectivity index (χ3n) is 2.89. The number of hydrogen-bond acceptors (Lipinski definition) is 2. The molecule has 0 amide bonds. The van der Waals surface area contributed by atoms with Gasteiger partial charge in [0.15, 0.2) is 0 Å². The summed E-state index contributed by atoms with van der Waals surface area (Å²) in [7, 11) is 0. The first-order valence-electron chi connectivity index (χ1n) is 5.37. The number of aliphatic hydroxyl groups is 1. The normalized spacial score (nSPS) is 25.1. The van der Waals surface area contributed by atoms with Crippen molar-refractivity contribution < 1.29 is 9.50 Å². The van der Waals surface area contributed by atoms with E-state index in [-0.39, 0.29) is 6.42 Å². The Hall–Kier alpha value is -0.930. The number of rotatable bonds is 3. The van der Waals surface area contributed by atoms with Gasteiger partial charge in [0.2, 0.25) is 5.85 Å². The molecule has 2 rings (SSSR count). The van der Waals surface area contributed by atoms with E-state index in [0.29, 0.717) is 6.42 Å². The highest BCUT2D eigenvalue weighted by molar-refractivity contribution is 5.17. The van der Waals surface area contributed by atoms with E-state index in [1.165, 1.54) is 0 Å². The molecule has 2 atom stereocenters. The summed E-state index contributed by atoms with van der Waals surface area (Å²) < 4.78 is 14.0. The molecule has 0 aliphatic carbocycles. The zero-order chi connectivity index (χ0) is 10.7. The SMILES string of the molecule is O[C@](F)(Cc1ccccc1)[C@@H]1CCCN1. The molecule has 1 aliphatic rings. The van der Waals surface area contributed by atoms with E-state index in [4.69, 9.17) is 0 Å². The second-order valence-corrected chi connectivity index (χ2v) is 4.13. The molecular weight excluding hydrogens is 193 g/mol. The van der Waals surface area contributed by atoms with Crippen LogP contribution in [0.5, 0.6) is 0 Å². The largest absolute Gasteiger partial charge is 0.360 e. The number of nitrogens with one attached hydrogen (secondary N) is 1. The molecule has 0 spiro atoms. The Balaban J connectivity index is 2.03. The van der Waals surface area contributed by atoms with Crippen LogP contribution in [0.2, 0.25) is 0 Å². The number of benzene rings is 1. The standard InChI is InChI=1S/C12H16FNO/c13-12(15,11-7-4-8-14-11)9-10-5-2-1-3-6-10/h1-3,5-6,11,14-15H,4,7-9H2/t11-,12+/m0/s1. The highest BCUT2D eigenvalue weighted by Crippen LogP contribution is 2.24. The van der Waals surface area contributed by atoms with Gasteiger partial charge in [-0.15, -0.1) is 0 Å². The maximum absolute atomic E-state index is 14.0. The Morgan fingerprint density at radius 2 is 2.13 bits per heavy atom. The lowest BCUT2D eigenvalue weighted by atomic mass is 9.99. The minimum Gasteiger partial charge on any atom is -0.360 e. The molecule has 2 N–H and O–H groups in total. The van der Waals surface area contributed by atoms with E-state index in [1.807, 2.05) is 30.3 Å². The molecule has 1 heterocycles. The first-order chi connectivity index (χ1) is 7.18. The van der Waals surface area contributed by atoms with Gasteiger partial charge in [-0.3, -0.25) is 0 Å². The number of hydrogen-bond donors (Lipinski definition) is 2. The molecule has 1 fully saturated rings. The van der Waals surface area contributed by atoms with Crippen LogP contribution in [0.1, 0.15) is 18.4 Å². The van der Waals surface area contributed by atoms with E-state index in [2.05, 4.69) is 5.32 Å². The summed E-state index contributed by atoms with van der Waals surface area (Å²) in [6.45, 7) is 0.797. The molecule has 0 unspecified atom stereocenters. The average molecular weight is 209 g/mol. The van der Waals surface area contributed by atoms with Crippen LogP contribution < -0.4 is 5.32 Å². The second-order valence-electron chi connectivity index (χ2n) is 4.13. The Kier molecular flexibility index (Phi) is 3.03. The van der Waals surface area contributed by atoms with Crippen LogP contribution in [0.25, 0.3) is 0 Å². The van der Waals surface area contributed by atoms with Crippen molar-refractivity contribution in [2.45, 2.75) is 31.2 Å². The zero-order valence-corrected chi connectivity index (χ0v) is 8.62. The zero-order valence-electron chi connectivity index (χ0n) is 8.62. The van der Waals surface area contributed by atoms with Gasteiger partial charge < -0.3 is 10.4 Å². The van der Waals surface area contributed by atoms with Gasteiger partial charge in [-0.1, -0.05) is 30.3 Å². The molecule has 1 aromatic rings. The fourth-order valence-electron chi connectivity index (χ4n) is 2.07. The number of alkyl halides is 1. The molecule has 15 heavy (non-hydrogen) atoms. The van der Waals surface area contributed by atoms with Crippen molar-refractivity contribution in [2.24, 2.45) is 0 Å². The van der Waals surface area contributed by atoms with Crippen molar-refractivity contribution in [3.05, 3.63) is 35.9 Å². The van der Waals surface area contributed by atoms with Crippen LogP contribution in [-0.4, -0.2) is 23.5 Å². The number of halogens is 1. The van der Waals surface area contributed by atoms with Crippen molar-refractivity contribution in [3.8, 4) is 0 Å². The van der Waals surface area contributed by atoms with E-state index < -0.39 is 11.9 Å². The smallest absolute Gasteiger partial charge is 0.226 e. The summed E-state index contributed by atoms with van der Waals surface area (Å²) in [6.07, 6.45) is 1.71. The molecule has 1 saturated heterocycles. The van der Waals surface area contributed by atoms with Crippen LogP contribution in [-0.2, 0) is 6.42 Å². The maximum atomic E-state index is 14.0. The van der Waals surface area contributed by atoms with E-state index in [0.717, 1.165) is 18.5 Å². The molecule has 0 bridgehead atoms. The first-order valence-corrected chi connectivity index (χ1v) is 5.37. The van der Waals surface area contributed by atoms with Gasteiger partial charge in [-0.25, -0.2) is 4.39 Å². The van der Waals surface area contributed by atoms with E-state index in [1.54, 1.807) is 0 Å². The highest BCUT2D eigenvalue weighted by atomic mass is 19.2. The highest BCUT2D eigenvalue weighted by Gasteiger charge is 2.38. The summed E-state index contributed by atoms with van der Waals surface area (Å²) in [4.78, 5) is 0. The molecule has 2 nitrogen and oxygen atoms in total. The lowest BCUT2D eigenvalue weighted by molar-refractivity contribution is -0.111. The molecule has 0 radical (unpaired) electrons. The van der Waals surface area contributed by atoms with Crippen molar-refractivity contribution in [1.82, 2.24) is 5.32 Å². The van der Waals surface area contributed by atoms with Crippen LogP contribution in [0.4, 0.5) is 4.39 Å². The third-order valence-corrected chi connectivity index (χ3v) is 2.89. The van der Waals surface area contributed by atoms with Crippen molar-refractivity contribution >= 4 is 0 Å². The minimum atomic E-state index is -2.13. The first kappa shape index (κ1) is 10.6. The van der Waals surface area contributed by atoms with E-state index in [9.17, 15) is 9.50 Å². The molecular formula is C12H16FNO. The summed E-state index contributed by atoms with van der Waals surface area (Å²) in [5.41, 5.74) is 0.830. The topological polar surface area (TPSA) is 32.3 Å². The van der Waals surface area contributed by atoms with Crippen LogP contribution in [0.3, 0.4) is 0 Å². The second kappa shape index (κ2) is 4.29. The summed E-state index contributed by atoms with van der Waals surface area (Å²) >= 11 is 0. The Labute approximate surface area is 89.1 Å². The molecule has 82 valence electrons. The van der Waals surface area contributed by atoms with Gasteiger partial charge in [0.1, 0.15) is 0 Å². The van der Waals surface area contributed by atoms with Crippen molar-refractivity contribution in [1.29, 1.82) is 0 Å². The average Bonchev–Trinajstić information content (AvgIpc) is 2.71. The third kappa shape index (κ3) is 2.55. The lowest BCUT2D eigenvalue weighted by Crippen LogP contribution is -2.45. The lowest BCUT2D eigenvalue weighted by Gasteiger charge is -2.25. The van der Waals surface area contributed by atoms with Crippen LogP contribution >= 0.6 is 0 Å². The predicted octanol–water partition coefficient (Wildman–Crippen LogP) is 1.64. The van der Waals surface area contributed by atoms with Crippen LogP contribution in [0, 0.1) is 0 Å². The van der Waals surface area contributed by atoms with Gasteiger partial charge in [-0.05, 0) is 24.9 Å². The summed E-state index contributed by atoms with van der Waals surface area (Å²) in [5.74, 6) is -2.13. The fraction of sp³-hybridized carbons (Fsp3) is 0.500. The summed E-state index contributed by atoms with van der Waals surface area (Å²) in [5, 5.41) is 12.7. The fourth-order valence-corrected chi connectivity index (χ4v) is 2.07. The molecule has 1 aliphatic heterocycles. The van der Waals surface area contributed by atoms with Crippen molar-refractivity contribution in [3.63, 3.8) is 0 Å². The monoisotopic (exact) mass is 209 g/mol. The van der Waals surface area contributed by atoms with Gasteiger partial charge in [-0.2, -0.15) is 0 Å². The molecule has 0 aromatic heterocycles. The quantitative estimate of drug-likeness (QED) is 0.793. The molecule has 1 aromatic carbocycles. The van der Waals surface area contributed by atoms with E-state index >= 15 is 0 Å².